The fourth-order valence-electron chi connectivity index (χ4n) is 2.43. The van der Waals surface area contributed by atoms with E-state index < -0.39 is 0 Å². The minimum atomic E-state index is 0.565. The summed E-state index contributed by atoms with van der Waals surface area (Å²) in [6.07, 6.45) is 4.23. The maximum absolute atomic E-state index is 4.48. The molecule has 1 atom stereocenters. The van der Waals surface area contributed by atoms with E-state index in [1.54, 1.807) is 0 Å². The lowest BCUT2D eigenvalue weighted by atomic mass is 10.2. The first-order valence-electron chi connectivity index (χ1n) is 6.65. The topological polar surface area (TPSA) is 28.2 Å². The molecule has 1 saturated heterocycles. The van der Waals surface area contributed by atoms with Crippen molar-refractivity contribution < 1.29 is 0 Å². The highest BCUT2D eigenvalue weighted by molar-refractivity contribution is 5.42. The van der Waals surface area contributed by atoms with E-state index in [9.17, 15) is 0 Å². The van der Waals surface area contributed by atoms with Crippen LogP contribution in [0, 0.1) is 0 Å². The molecule has 1 aliphatic rings. The first kappa shape index (κ1) is 12.4. The molecule has 0 bridgehead atoms. The van der Waals surface area contributed by atoms with Gasteiger partial charge in [0.1, 0.15) is 5.82 Å². The van der Waals surface area contributed by atoms with E-state index in [-0.39, 0.29) is 0 Å². The molecule has 0 aromatic carbocycles. The van der Waals surface area contributed by atoms with Crippen molar-refractivity contribution >= 4 is 5.82 Å². The Morgan fingerprint density at radius 2 is 2.35 bits per heavy atom. The van der Waals surface area contributed by atoms with Crippen molar-refractivity contribution in [2.45, 2.75) is 45.7 Å². The maximum Gasteiger partial charge on any atom is 0.128 e. The second kappa shape index (κ2) is 5.50. The van der Waals surface area contributed by atoms with Crippen molar-refractivity contribution in [3.63, 3.8) is 0 Å². The van der Waals surface area contributed by atoms with E-state index in [1.807, 2.05) is 6.20 Å². The van der Waals surface area contributed by atoms with Crippen LogP contribution >= 0.6 is 0 Å². The third kappa shape index (κ3) is 3.19. The van der Waals surface area contributed by atoms with Crippen LogP contribution in [-0.4, -0.2) is 30.2 Å². The smallest absolute Gasteiger partial charge is 0.128 e. The Balaban J connectivity index is 1.99. The highest BCUT2D eigenvalue weighted by atomic mass is 15.2. The fraction of sp³-hybridized carbons (Fsp3) is 0.643. The standard InChI is InChI=1S/C14H23N3/c1-4-12-5-7-15-14(9-12)17-8-6-13(10-17)16-11(2)3/h5,7,9,11,13,16H,4,6,8,10H2,1-3H3. The number of pyridine rings is 1. The molecule has 1 unspecified atom stereocenters. The van der Waals surface area contributed by atoms with Gasteiger partial charge < -0.3 is 10.2 Å². The molecule has 1 fully saturated rings. The zero-order chi connectivity index (χ0) is 12.3. The van der Waals surface area contributed by atoms with Gasteiger partial charge in [-0.3, -0.25) is 0 Å². The third-order valence-corrected chi connectivity index (χ3v) is 3.30. The molecule has 1 N–H and O–H groups in total. The molecule has 0 aliphatic carbocycles. The second-order valence-electron chi connectivity index (χ2n) is 5.13. The third-order valence-electron chi connectivity index (χ3n) is 3.30. The molecule has 0 spiro atoms. The molecule has 17 heavy (non-hydrogen) atoms. The summed E-state index contributed by atoms with van der Waals surface area (Å²) in [6.45, 7) is 8.80. The Kier molecular flexibility index (Phi) is 4.00. The number of anilines is 1. The molecule has 1 aliphatic heterocycles. The van der Waals surface area contributed by atoms with Crippen molar-refractivity contribution in [1.29, 1.82) is 0 Å². The largest absolute Gasteiger partial charge is 0.355 e. The number of aromatic nitrogens is 1. The van der Waals surface area contributed by atoms with Crippen molar-refractivity contribution in [1.82, 2.24) is 10.3 Å². The first-order chi connectivity index (χ1) is 8.19. The van der Waals surface area contributed by atoms with E-state index in [4.69, 9.17) is 0 Å². The summed E-state index contributed by atoms with van der Waals surface area (Å²) in [5.41, 5.74) is 1.37. The van der Waals surface area contributed by atoms with E-state index in [0.717, 1.165) is 25.3 Å². The number of nitrogens with zero attached hydrogens (tertiary/aromatic N) is 2. The molecular formula is C14H23N3. The fourth-order valence-corrected chi connectivity index (χ4v) is 2.43. The summed E-state index contributed by atoms with van der Waals surface area (Å²) >= 11 is 0. The van der Waals surface area contributed by atoms with Crippen LogP contribution in [0.2, 0.25) is 0 Å². The molecular weight excluding hydrogens is 210 g/mol. The van der Waals surface area contributed by atoms with Crippen molar-refractivity contribution in [3.05, 3.63) is 23.9 Å². The number of rotatable bonds is 4. The Labute approximate surface area is 104 Å². The Morgan fingerprint density at radius 3 is 3.06 bits per heavy atom. The van der Waals surface area contributed by atoms with Gasteiger partial charge in [0, 0.05) is 31.4 Å². The Morgan fingerprint density at radius 1 is 1.53 bits per heavy atom. The predicted molar refractivity (Wildman–Crippen MR) is 72.5 cm³/mol. The van der Waals surface area contributed by atoms with Gasteiger partial charge >= 0.3 is 0 Å². The van der Waals surface area contributed by atoms with E-state index >= 15 is 0 Å². The summed E-state index contributed by atoms with van der Waals surface area (Å²) in [5.74, 6) is 1.14. The SMILES string of the molecule is CCc1ccnc(N2CCC(NC(C)C)C2)c1. The number of hydrogen-bond acceptors (Lipinski definition) is 3. The molecule has 94 valence electrons. The van der Waals surface area contributed by atoms with E-state index in [1.165, 1.54) is 12.0 Å². The van der Waals surface area contributed by atoms with Crippen LogP contribution in [0.25, 0.3) is 0 Å². The van der Waals surface area contributed by atoms with Gasteiger partial charge in [-0.05, 0) is 30.5 Å². The lowest BCUT2D eigenvalue weighted by molar-refractivity contribution is 0.492. The molecule has 0 radical (unpaired) electrons. The second-order valence-corrected chi connectivity index (χ2v) is 5.13. The van der Waals surface area contributed by atoms with Gasteiger partial charge in [-0.25, -0.2) is 4.98 Å². The van der Waals surface area contributed by atoms with Crippen LogP contribution in [0.15, 0.2) is 18.3 Å². The molecule has 3 heteroatoms. The highest BCUT2D eigenvalue weighted by Gasteiger charge is 2.23. The lowest BCUT2D eigenvalue weighted by Gasteiger charge is -2.19. The number of hydrogen-bond donors (Lipinski definition) is 1. The number of aryl methyl sites for hydroxylation is 1. The minimum absolute atomic E-state index is 0.565. The van der Waals surface area contributed by atoms with Crippen LogP contribution in [0.5, 0.6) is 0 Å². The van der Waals surface area contributed by atoms with Gasteiger partial charge in [0.2, 0.25) is 0 Å². The molecule has 0 saturated carbocycles. The van der Waals surface area contributed by atoms with Crippen molar-refractivity contribution in [3.8, 4) is 0 Å². The molecule has 3 nitrogen and oxygen atoms in total. The first-order valence-corrected chi connectivity index (χ1v) is 6.65. The summed E-state index contributed by atoms with van der Waals surface area (Å²) < 4.78 is 0. The van der Waals surface area contributed by atoms with Gasteiger partial charge in [-0.15, -0.1) is 0 Å². The van der Waals surface area contributed by atoms with E-state index in [0.29, 0.717) is 12.1 Å². The summed E-state index contributed by atoms with van der Waals surface area (Å²) in [4.78, 5) is 6.87. The quantitative estimate of drug-likeness (QED) is 0.864. The van der Waals surface area contributed by atoms with Crippen LogP contribution < -0.4 is 10.2 Å². The van der Waals surface area contributed by atoms with Gasteiger partial charge in [-0.2, -0.15) is 0 Å². The maximum atomic E-state index is 4.48. The molecule has 1 aromatic rings. The van der Waals surface area contributed by atoms with Crippen LogP contribution in [0.3, 0.4) is 0 Å². The summed E-state index contributed by atoms with van der Waals surface area (Å²) in [5, 5.41) is 3.60. The van der Waals surface area contributed by atoms with Gasteiger partial charge in [0.15, 0.2) is 0 Å². The zero-order valence-corrected chi connectivity index (χ0v) is 11.1. The summed E-state index contributed by atoms with van der Waals surface area (Å²) in [7, 11) is 0. The van der Waals surface area contributed by atoms with Gasteiger partial charge in [0.25, 0.3) is 0 Å². The van der Waals surface area contributed by atoms with Crippen LogP contribution in [-0.2, 0) is 6.42 Å². The molecule has 0 amide bonds. The average molecular weight is 233 g/mol. The van der Waals surface area contributed by atoms with E-state index in [2.05, 4.69) is 48.1 Å². The highest BCUT2D eigenvalue weighted by Crippen LogP contribution is 2.19. The predicted octanol–water partition coefficient (Wildman–Crippen LogP) is 2.22. The van der Waals surface area contributed by atoms with Crippen LogP contribution in [0.4, 0.5) is 5.82 Å². The van der Waals surface area contributed by atoms with Gasteiger partial charge in [-0.1, -0.05) is 20.8 Å². The molecule has 2 rings (SSSR count). The van der Waals surface area contributed by atoms with Crippen LogP contribution in [0.1, 0.15) is 32.8 Å². The monoisotopic (exact) mass is 233 g/mol. The zero-order valence-electron chi connectivity index (χ0n) is 11.1. The average Bonchev–Trinajstić information content (AvgIpc) is 2.77. The summed E-state index contributed by atoms with van der Waals surface area (Å²) in [6, 6.07) is 5.50. The molecule has 2 heterocycles. The van der Waals surface area contributed by atoms with Crippen molar-refractivity contribution in [2.24, 2.45) is 0 Å². The van der Waals surface area contributed by atoms with Crippen molar-refractivity contribution in [2.75, 3.05) is 18.0 Å². The normalized spacial score (nSPS) is 20.2. The minimum Gasteiger partial charge on any atom is -0.355 e. The number of nitrogens with one attached hydrogen (secondary N) is 1. The van der Waals surface area contributed by atoms with Gasteiger partial charge in [0.05, 0.1) is 0 Å². The Hall–Kier alpha value is -1.09. The lowest BCUT2D eigenvalue weighted by Crippen LogP contribution is -2.37. The molecule has 1 aromatic heterocycles. The Bertz CT molecular complexity index is 362.